The van der Waals surface area contributed by atoms with Crippen molar-refractivity contribution in [1.29, 1.82) is 0 Å². The normalized spacial score (nSPS) is 13.8. The summed E-state index contributed by atoms with van der Waals surface area (Å²) in [4.78, 5) is 0. The Kier molecular flexibility index (Phi) is 5.69. The molecule has 0 aliphatic carbocycles. The Hall–Kier alpha value is -0.730. The van der Waals surface area contributed by atoms with Gasteiger partial charge in [-0.3, -0.25) is 0 Å². The molecule has 0 saturated heterocycles. The molecule has 1 atom stereocenters. The van der Waals surface area contributed by atoms with E-state index in [-0.39, 0.29) is 17.1 Å². The number of aliphatic hydroxyl groups is 1. The van der Waals surface area contributed by atoms with E-state index in [9.17, 15) is 17.9 Å². The van der Waals surface area contributed by atoms with Crippen LogP contribution in [0.4, 0.5) is 4.39 Å². The molecule has 0 spiro atoms. The lowest BCUT2D eigenvalue weighted by molar-refractivity contribution is 0.181. The largest absolute Gasteiger partial charge is 0.387 e. The van der Waals surface area contributed by atoms with Gasteiger partial charge in [0.2, 0.25) is 0 Å². The van der Waals surface area contributed by atoms with Crippen LogP contribution >= 0.6 is 11.6 Å². The summed E-state index contributed by atoms with van der Waals surface area (Å²) in [7, 11) is -2.21. The minimum Gasteiger partial charge on any atom is -0.387 e. The van der Waals surface area contributed by atoms with Crippen LogP contribution in [0, 0.1) is 5.82 Å². The van der Waals surface area contributed by atoms with Gasteiger partial charge in [-0.15, -0.1) is 0 Å². The first-order chi connectivity index (χ1) is 8.77. The van der Waals surface area contributed by atoms with Crippen LogP contribution in [-0.2, 0) is 10.2 Å². The highest BCUT2D eigenvalue weighted by Crippen LogP contribution is 2.20. The third kappa shape index (κ3) is 4.39. The molecule has 0 saturated carbocycles. The van der Waals surface area contributed by atoms with Gasteiger partial charge in [0, 0.05) is 20.1 Å². The summed E-state index contributed by atoms with van der Waals surface area (Å²) in [6.45, 7) is 1.75. The third-order valence-electron chi connectivity index (χ3n) is 2.64. The fraction of sp³-hybridized carbons (Fsp3) is 0.455. The van der Waals surface area contributed by atoms with Gasteiger partial charge < -0.3 is 5.11 Å². The van der Waals surface area contributed by atoms with E-state index in [1.54, 1.807) is 6.92 Å². The van der Waals surface area contributed by atoms with Crippen LogP contribution in [0.1, 0.15) is 18.6 Å². The van der Waals surface area contributed by atoms with E-state index in [2.05, 4.69) is 4.72 Å². The molecule has 0 aliphatic heterocycles. The Bertz CT molecular complexity index is 539. The zero-order chi connectivity index (χ0) is 14.6. The average molecular weight is 311 g/mol. The minimum atomic E-state index is -3.63. The number of halogens is 2. The van der Waals surface area contributed by atoms with Crippen LogP contribution in [0.2, 0.25) is 5.02 Å². The average Bonchev–Trinajstić information content (AvgIpc) is 2.38. The topological polar surface area (TPSA) is 69.6 Å². The Morgan fingerprint density at radius 1 is 1.53 bits per heavy atom. The number of nitrogens with zero attached hydrogens (tertiary/aromatic N) is 1. The van der Waals surface area contributed by atoms with E-state index < -0.39 is 22.1 Å². The molecule has 8 heteroatoms. The Morgan fingerprint density at radius 2 is 2.16 bits per heavy atom. The monoisotopic (exact) mass is 310 g/mol. The van der Waals surface area contributed by atoms with Gasteiger partial charge in [-0.2, -0.15) is 17.4 Å². The first-order valence-electron chi connectivity index (χ1n) is 5.62. The smallest absolute Gasteiger partial charge is 0.279 e. The molecule has 0 aromatic heterocycles. The Morgan fingerprint density at radius 3 is 2.68 bits per heavy atom. The molecule has 19 heavy (non-hydrogen) atoms. The Balaban J connectivity index is 2.70. The molecule has 0 amide bonds. The number of hydrogen-bond donors (Lipinski definition) is 2. The van der Waals surface area contributed by atoms with Gasteiger partial charge in [0.05, 0.1) is 11.1 Å². The van der Waals surface area contributed by atoms with E-state index in [0.29, 0.717) is 6.54 Å². The summed E-state index contributed by atoms with van der Waals surface area (Å²) in [5, 5.41) is 9.74. The van der Waals surface area contributed by atoms with Gasteiger partial charge in [0.1, 0.15) is 5.82 Å². The van der Waals surface area contributed by atoms with E-state index in [1.165, 1.54) is 19.2 Å². The molecule has 0 aliphatic rings. The molecule has 2 N–H and O–H groups in total. The van der Waals surface area contributed by atoms with Gasteiger partial charge in [0.25, 0.3) is 10.2 Å². The second-order valence-corrected chi connectivity index (χ2v) is 6.23. The fourth-order valence-corrected chi connectivity index (χ4v) is 2.35. The van der Waals surface area contributed by atoms with Crippen molar-refractivity contribution in [2.24, 2.45) is 0 Å². The van der Waals surface area contributed by atoms with Crippen LogP contribution in [0.3, 0.4) is 0 Å². The van der Waals surface area contributed by atoms with Crippen LogP contribution in [0.25, 0.3) is 0 Å². The number of aliphatic hydroxyl groups excluding tert-OH is 1. The molecule has 1 unspecified atom stereocenters. The van der Waals surface area contributed by atoms with Crippen molar-refractivity contribution >= 4 is 21.8 Å². The second-order valence-electron chi connectivity index (χ2n) is 3.96. The first kappa shape index (κ1) is 16.3. The highest BCUT2D eigenvalue weighted by atomic mass is 35.5. The van der Waals surface area contributed by atoms with E-state index >= 15 is 0 Å². The van der Waals surface area contributed by atoms with Gasteiger partial charge in [-0.25, -0.2) is 4.39 Å². The zero-order valence-corrected chi connectivity index (χ0v) is 12.2. The lowest BCUT2D eigenvalue weighted by Crippen LogP contribution is -2.39. The number of rotatable bonds is 6. The quantitative estimate of drug-likeness (QED) is 0.832. The molecule has 108 valence electrons. The summed E-state index contributed by atoms with van der Waals surface area (Å²) in [6.07, 6.45) is -1.15. The minimum absolute atomic E-state index is 0.0535. The number of hydrogen-bond acceptors (Lipinski definition) is 3. The van der Waals surface area contributed by atoms with Gasteiger partial charge >= 0.3 is 0 Å². The predicted molar refractivity (Wildman–Crippen MR) is 71.6 cm³/mol. The van der Waals surface area contributed by atoms with Crippen LogP contribution < -0.4 is 4.72 Å². The highest BCUT2D eigenvalue weighted by molar-refractivity contribution is 7.87. The maximum absolute atomic E-state index is 13.2. The van der Waals surface area contributed by atoms with Gasteiger partial charge in [0.15, 0.2) is 0 Å². The van der Waals surface area contributed by atoms with Crippen LogP contribution in [0.5, 0.6) is 0 Å². The predicted octanol–water partition coefficient (Wildman–Crippen LogP) is 1.30. The van der Waals surface area contributed by atoms with E-state index in [4.69, 9.17) is 11.6 Å². The van der Waals surface area contributed by atoms with Crippen LogP contribution in [0.15, 0.2) is 18.2 Å². The molecule has 0 heterocycles. The van der Waals surface area contributed by atoms with Crippen molar-refractivity contribution < 1.29 is 17.9 Å². The molecule has 0 fully saturated rings. The van der Waals surface area contributed by atoms with Crippen molar-refractivity contribution in [3.05, 3.63) is 34.6 Å². The lowest BCUT2D eigenvalue weighted by atomic mass is 10.1. The zero-order valence-electron chi connectivity index (χ0n) is 10.6. The van der Waals surface area contributed by atoms with Gasteiger partial charge in [-0.05, 0) is 17.7 Å². The third-order valence-corrected chi connectivity index (χ3v) is 4.56. The highest BCUT2D eigenvalue weighted by Gasteiger charge is 2.18. The molecule has 5 nitrogen and oxygen atoms in total. The first-order valence-corrected chi connectivity index (χ1v) is 7.43. The molecule has 1 aromatic rings. The van der Waals surface area contributed by atoms with Crippen molar-refractivity contribution in [1.82, 2.24) is 9.03 Å². The Labute approximate surface area is 117 Å². The maximum atomic E-state index is 13.2. The SMILES string of the molecule is CCN(C)S(=O)(=O)NCC(O)c1ccc(Cl)c(F)c1. The molecule has 1 rings (SSSR count). The van der Waals surface area contributed by atoms with E-state index in [0.717, 1.165) is 10.4 Å². The summed E-state index contributed by atoms with van der Waals surface area (Å²) in [6, 6.07) is 3.82. The maximum Gasteiger partial charge on any atom is 0.279 e. The van der Waals surface area contributed by atoms with Crippen molar-refractivity contribution in [2.75, 3.05) is 20.1 Å². The van der Waals surface area contributed by atoms with Crippen molar-refractivity contribution in [3.8, 4) is 0 Å². The molecule has 0 bridgehead atoms. The van der Waals surface area contributed by atoms with Gasteiger partial charge in [-0.1, -0.05) is 24.6 Å². The van der Waals surface area contributed by atoms with Crippen LogP contribution in [-0.4, -0.2) is 38.0 Å². The summed E-state index contributed by atoms with van der Waals surface area (Å²) >= 11 is 5.52. The number of nitrogens with one attached hydrogen (secondary N) is 1. The molecular formula is C11H16ClFN2O3S. The number of benzene rings is 1. The summed E-state index contributed by atoms with van der Waals surface area (Å²) < 4.78 is 39.8. The lowest BCUT2D eigenvalue weighted by Gasteiger charge is -2.18. The molecular weight excluding hydrogens is 295 g/mol. The standard InChI is InChI=1S/C11H16ClFN2O3S/c1-3-15(2)19(17,18)14-7-11(16)8-4-5-9(12)10(13)6-8/h4-6,11,14,16H,3,7H2,1-2H3. The fourth-order valence-electron chi connectivity index (χ4n) is 1.30. The van der Waals surface area contributed by atoms with Crippen molar-refractivity contribution in [2.45, 2.75) is 13.0 Å². The van der Waals surface area contributed by atoms with E-state index in [1.807, 2.05) is 0 Å². The summed E-state index contributed by atoms with van der Waals surface area (Å²) in [5.74, 6) is -0.660. The molecule has 0 radical (unpaired) electrons. The van der Waals surface area contributed by atoms with Crippen molar-refractivity contribution in [3.63, 3.8) is 0 Å². The summed E-state index contributed by atoms with van der Waals surface area (Å²) in [5.41, 5.74) is 0.253. The molecule has 1 aromatic carbocycles. The second kappa shape index (κ2) is 6.62.